The molecule has 0 radical (unpaired) electrons. The van der Waals surface area contributed by atoms with Crippen molar-refractivity contribution in [3.05, 3.63) is 11.6 Å². The fraction of sp³-hybridized carbons (Fsp3) is 0.810. The number of allylic oxidation sites excluding steroid dienone is 1. The summed E-state index contributed by atoms with van der Waals surface area (Å²) >= 11 is 0. The maximum atomic E-state index is 12.4. The first kappa shape index (κ1) is 20.7. The average Bonchev–Trinajstić information content (AvgIpc) is 2.91. The highest BCUT2D eigenvalue weighted by Gasteiger charge is 2.58. The number of rotatable bonds is 1. The van der Waals surface area contributed by atoms with Gasteiger partial charge in [0.05, 0.1) is 13.4 Å². The largest absolute Gasteiger partial charge is 0.299 e. The predicted octanol–water partition coefficient (Wildman–Crippen LogP) is 3.68. The number of carbonyl (C=O) groups is 2. The van der Waals surface area contributed by atoms with E-state index in [1.807, 2.05) is 6.08 Å². The van der Waals surface area contributed by atoms with Crippen molar-refractivity contribution < 1.29 is 22.2 Å². The average molecular weight is 397 g/mol. The highest BCUT2D eigenvalue weighted by atomic mass is 32.2. The smallest absolute Gasteiger partial charge is 0.264 e. The van der Waals surface area contributed by atoms with E-state index in [2.05, 4.69) is 18.0 Å². The Morgan fingerprint density at radius 3 is 2.22 bits per heavy atom. The van der Waals surface area contributed by atoms with Gasteiger partial charge in [0.2, 0.25) is 0 Å². The molecular weight excluding hydrogens is 364 g/mol. The van der Waals surface area contributed by atoms with E-state index >= 15 is 0 Å². The predicted molar refractivity (Wildman–Crippen MR) is 104 cm³/mol. The summed E-state index contributed by atoms with van der Waals surface area (Å²) in [4.78, 5) is 24.1. The van der Waals surface area contributed by atoms with Crippen LogP contribution in [0.3, 0.4) is 0 Å². The molecule has 152 valence electrons. The SMILES string of the molecule is COS(C)(=O)=O.C[C@]12CCC(=O)C=C1CC[C@@H]1[C@@H]2CC[C@]2(C)C(=O)CC[C@@H]12. The summed E-state index contributed by atoms with van der Waals surface area (Å²) in [6, 6.07) is 0. The highest BCUT2D eigenvalue weighted by molar-refractivity contribution is 7.85. The summed E-state index contributed by atoms with van der Waals surface area (Å²) in [7, 11) is -2.04. The fourth-order valence-electron chi connectivity index (χ4n) is 6.33. The van der Waals surface area contributed by atoms with Crippen LogP contribution in [0.1, 0.15) is 65.2 Å². The Morgan fingerprint density at radius 1 is 0.963 bits per heavy atom. The summed E-state index contributed by atoms with van der Waals surface area (Å²) < 4.78 is 23.5. The Balaban J connectivity index is 0.000000307. The minimum Gasteiger partial charge on any atom is -0.299 e. The first-order chi connectivity index (χ1) is 12.5. The first-order valence-electron chi connectivity index (χ1n) is 10.0. The van der Waals surface area contributed by atoms with Crippen LogP contribution < -0.4 is 0 Å². The van der Waals surface area contributed by atoms with Crippen LogP contribution in [0.5, 0.6) is 0 Å². The molecule has 0 aromatic rings. The molecule has 27 heavy (non-hydrogen) atoms. The van der Waals surface area contributed by atoms with Crippen molar-refractivity contribution in [2.24, 2.45) is 28.6 Å². The number of Topliss-reactive ketones (excluding diaryl/α,β-unsaturated/α-hetero) is 1. The highest BCUT2D eigenvalue weighted by Crippen LogP contribution is 2.64. The molecule has 5 nitrogen and oxygen atoms in total. The number of fused-ring (bicyclic) bond motifs is 5. The first-order valence-corrected chi connectivity index (χ1v) is 11.9. The lowest BCUT2D eigenvalue weighted by Gasteiger charge is -2.56. The Labute approximate surface area is 163 Å². The summed E-state index contributed by atoms with van der Waals surface area (Å²) in [5.74, 6) is 2.88. The topological polar surface area (TPSA) is 77.5 Å². The van der Waals surface area contributed by atoms with E-state index in [0.29, 0.717) is 29.3 Å². The van der Waals surface area contributed by atoms with E-state index in [1.165, 1.54) is 18.4 Å². The molecule has 0 heterocycles. The van der Waals surface area contributed by atoms with Crippen molar-refractivity contribution in [1.82, 2.24) is 0 Å². The van der Waals surface area contributed by atoms with Gasteiger partial charge in [0.1, 0.15) is 5.78 Å². The van der Waals surface area contributed by atoms with Crippen LogP contribution in [0.25, 0.3) is 0 Å². The third kappa shape index (κ3) is 3.67. The van der Waals surface area contributed by atoms with E-state index < -0.39 is 10.1 Å². The van der Waals surface area contributed by atoms with E-state index in [1.54, 1.807) is 0 Å². The molecule has 0 aromatic carbocycles. The van der Waals surface area contributed by atoms with Gasteiger partial charge in [0.15, 0.2) is 5.78 Å². The summed E-state index contributed by atoms with van der Waals surface area (Å²) in [6.07, 6.45) is 11.2. The standard InChI is InChI=1S/C19H26O2.C2H6O3S/c1-18-9-7-13(20)11-12(18)3-4-14-15-5-6-17(21)19(15,2)10-8-16(14)18;1-5-6(2,3)4/h11,14-16H,3-10H2,1-2H3;1-2H3/t14-,15-,16-,18-,19-;/m0./s1. The van der Waals surface area contributed by atoms with Crippen LogP contribution in [0.15, 0.2) is 11.6 Å². The van der Waals surface area contributed by atoms with Crippen LogP contribution in [0.2, 0.25) is 0 Å². The van der Waals surface area contributed by atoms with Gasteiger partial charge in [0.25, 0.3) is 10.1 Å². The third-order valence-electron chi connectivity index (χ3n) is 7.97. The number of ketones is 2. The van der Waals surface area contributed by atoms with Gasteiger partial charge in [0, 0.05) is 18.3 Å². The van der Waals surface area contributed by atoms with Gasteiger partial charge in [-0.15, -0.1) is 0 Å². The molecule has 0 unspecified atom stereocenters. The lowest BCUT2D eigenvalue weighted by atomic mass is 9.47. The normalized spacial score (nSPS) is 40.9. The number of hydrogen-bond donors (Lipinski definition) is 0. The summed E-state index contributed by atoms with van der Waals surface area (Å²) in [6.45, 7) is 4.64. The van der Waals surface area contributed by atoms with Gasteiger partial charge < -0.3 is 0 Å². The van der Waals surface area contributed by atoms with Crippen LogP contribution in [-0.2, 0) is 23.9 Å². The molecule has 3 fully saturated rings. The quantitative estimate of drug-likeness (QED) is 0.632. The minimum atomic E-state index is -3.16. The number of hydrogen-bond acceptors (Lipinski definition) is 5. The molecule has 6 heteroatoms. The molecule has 0 aliphatic heterocycles. The Bertz CT molecular complexity index is 767. The van der Waals surface area contributed by atoms with Gasteiger partial charge in [-0.1, -0.05) is 19.4 Å². The van der Waals surface area contributed by atoms with Crippen molar-refractivity contribution in [3.63, 3.8) is 0 Å². The van der Waals surface area contributed by atoms with Crippen molar-refractivity contribution in [2.75, 3.05) is 13.4 Å². The second kappa shape index (κ2) is 7.11. The minimum absolute atomic E-state index is 0.0246. The molecule has 0 bridgehead atoms. The monoisotopic (exact) mass is 396 g/mol. The molecule has 0 N–H and O–H groups in total. The molecule has 4 rings (SSSR count). The van der Waals surface area contributed by atoms with E-state index in [4.69, 9.17) is 0 Å². The van der Waals surface area contributed by atoms with Crippen molar-refractivity contribution >= 4 is 21.7 Å². The Morgan fingerprint density at radius 2 is 1.59 bits per heavy atom. The van der Waals surface area contributed by atoms with Crippen molar-refractivity contribution in [2.45, 2.75) is 65.2 Å². The lowest BCUT2D eigenvalue weighted by molar-refractivity contribution is -0.132. The molecular formula is C21H32O5S. The maximum Gasteiger partial charge on any atom is 0.264 e. The van der Waals surface area contributed by atoms with Gasteiger partial charge in [-0.05, 0) is 67.8 Å². The molecule has 5 atom stereocenters. The summed E-state index contributed by atoms with van der Waals surface area (Å²) in [5.41, 5.74) is 1.64. The van der Waals surface area contributed by atoms with Crippen LogP contribution in [-0.4, -0.2) is 33.3 Å². The van der Waals surface area contributed by atoms with Crippen LogP contribution in [0.4, 0.5) is 0 Å². The zero-order valence-corrected chi connectivity index (χ0v) is 17.7. The molecule has 0 saturated heterocycles. The Kier molecular flexibility index (Phi) is 5.45. The van der Waals surface area contributed by atoms with Gasteiger partial charge in [-0.25, -0.2) is 0 Å². The van der Waals surface area contributed by atoms with Crippen molar-refractivity contribution in [1.29, 1.82) is 0 Å². The van der Waals surface area contributed by atoms with E-state index in [-0.39, 0.29) is 10.8 Å². The number of carbonyl (C=O) groups excluding carboxylic acids is 2. The Hall–Kier alpha value is -1.01. The van der Waals surface area contributed by atoms with Crippen LogP contribution in [0, 0.1) is 28.6 Å². The second-order valence-corrected chi connectivity index (χ2v) is 11.0. The third-order valence-corrected chi connectivity index (χ3v) is 8.58. The van der Waals surface area contributed by atoms with E-state index in [9.17, 15) is 18.0 Å². The van der Waals surface area contributed by atoms with Crippen LogP contribution >= 0.6 is 0 Å². The molecule has 0 spiro atoms. The molecule has 4 aliphatic rings. The van der Waals surface area contributed by atoms with Gasteiger partial charge >= 0.3 is 0 Å². The molecule has 0 amide bonds. The van der Waals surface area contributed by atoms with E-state index in [0.717, 1.165) is 51.9 Å². The molecule has 4 aliphatic carbocycles. The molecule has 3 saturated carbocycles. The summed E-state index contributed by atoms with van der Waals surface area (Å²) in [5, 5.41) is 0. The second-order valence-electron chi connectivity index (χ2n) is 9.26. The zero-order valence-electron chi connectivity index (χ0n) is 16.9. The van der Waals surface area contributed by atoms with Gasteiger partial charge in [-0.2, -0.15) is 8.42 Å². The molecule has 0 aromatic heterocycles. The lowest BCUT2D eigenvalue weighted by Crippen LogP contribution is -2.50. The fourth-order valence-corrected chi connectivity index (χ4v) is 6.33. The van der Waals surface area contributed by atoms with Crippen molar-refractivity contribution in [3.8, 4) is 0 Å². The van der Waals surface area contributed by atoms with Gasteiger partial charge in [-0.3, -0.25) is 13.8 Å². The maximum absolute atomic E-state index is 12.4. The zero-order chi connectivity index (χ0) is 20.0.